The molecule has 11 heteroatoms. The molecule has 0 aliphatic heterocycles. The third kappa shape index (κ3) is 40.5. The predicted molar refractivity (Wildman–Crippen MR) is 211 cm³/mol. The van der Waals surface area contributed by atoms with Gasteiger partial charge in [0.05, 0.1) is 33.0 Å². The summed E-state index contributed by atoms with van der Waals surface area (Å²) in [6.07, 6.45) is 26.0. The Balaban J connectivity index is 3.43. The molecule has 11 nitrogen and oxygen atoms in total. The second-order valence-electron chi connectivity index (χ2n) is 14.3. The van der Waals surface area contributed by atoms with Crippen LogP contribution in [0.3, 0.4) is 0 Å². The topological polar surface area (TPSA) is 141 Å². The number of methoxy groups -OCH3 is 1. The van der Waals surface area contributed by atoms with Crippen LogP contribution in [0.5, 0.6) is 0 Å². The number of unbranched alkanes of at least 4 members (excludes halogenated alkanes) is 19. The molecule has 54 heavy (non-hydrogen) atoms. The summed E-state index contributed by atoms with van der Waals surface area (Å²) in [6, 6.07) is 0. The normalized spacial score (nSPS) is 10.9. The van der Waals surface area contributed by atoms with Crippen LogP contribution in [0.1, 0.15) is 200 Å². The zero-order chi connectivity index (χ0) is 39.6. The minimum absolute atomic E-state index is 0.137. The summed E-state index contributed by atoms with van der Waals surface area (Å²) in [5.74, 6) is -0.985. The first-order chi connectivity index (χ1) is 26.4. The zero-order valence-electron chi connectivity index (χ0n) is 34.4. The van der Waals surface area contributed by atoms with Gasteiger partial charge in [-0.25, -0.2) is 0 Å². The molecule has 0 radical (unpaired) electrons. The van der Waals surface area contributed by atoms with E-state index in [0.29, 0.717) is 104 Å². The number of esters is 5. The second kappa shape index (κ2) is 41.5. The van der Waals surface area contributed by atoms with Gasteiger partial charge in [-0.2, -0.15) is 0 Å². The fourth-order valence-corrected chi connectivity index (χ4v) is 5.77. The first kappa shape index (κ1) is 51.3. The Kier molecular flexibility index (Phi) is 39.4. The molecule has 0 spiro atoms. The molecule has 316 valence electrons. The molecule has 0 aliphatic carbocycles. The molecule has 0 saturated carbocycles. The molecule has 0 amide bonds. The Morgan fingerprint density at radius 3 is 0.722 bits per heavy atom. The Hall–Kier alpha value is -2.69. The fourth-order valence-electron chi connectivity index (χ4n) is 5.77. The summed E-state index contributed by atoms with van der Waals surface area (Å²) in [4.78, 5) is 59.4. The van der Waals surface area contributed by atoms with Crippen LogP contribution in [0.15, 0.2) is 0 Å². The van der Waals surface area contributed by atoms with Crippen molar-refractivity contribution in [2.45, 2.75) is 200 Å². The Morgan fingerprint density at radius 2 is 0.481 bits per heavy atom. The van der Waals surface area contributed by atoms with Gasteiger partial charge in [0.2, 0.25) is 0 Å². The van der Waals surface area contributed by atoms with E-state index in [-0.39, 0.29) is 29.8 Å². The van der Waals surface area contributed by atoms with E-state index in [4.69, 9.17) is 28.4 Å². The van der Waals surface area contributed by atoms with Crippen molar-refractivity contribution in [2.24, 2.45) is 0 Å². The molecular formula is C43H78O11. The van der Waals surface area contributed by atoms with E-state index in [0.717, 1.165) is 77.0 Å². The number of hydrogen-bond donors (Lipinski definition) is 0. The lowest BCUT2D eigenvalue weighted by atomic mass is 10.1. The molecule has 0 rings (SSSR count). The van der Waals surface area contributed by atoms with Gasteiger partial charge in [-0.05, 0) is 96.3 Å². The summed E-state index contributed by atoms with van der Waals surface area (Å²) in [6.45, 7) is 4.90. The minimum Gasteiger partial charge on any atom is -0.466 e. The van der Waals surface area contributed by atoms with Crippen LogP contribution < -0.4 is 0 Å². The molecule has 0 atom stereocenters. The average molecular weight is 771 g/mol. The van der Waals surface area contributed by atoms with Crippen molar-refractivity contribution in [3.63, 3.8) is 0 Å². The monoisotopic (exact) mass is 771 g/mol. The van der Waals surface area contributed by atoms with E-state index >= 15 is 0 Å². The van der Waals surface area contributed by atoms with E-state index in [1.54, 1.807) is 7.11 Å². The van der Waals surface area contributed by atoms with E-state index < -0.39 is 0 Å². The van der Waals surface area contributed by atoms with Crippen molar-refractivity contribution < 1.29 is 52.4 Å². The van der Waals surface area contributed by atoms with Crippen LogP contribution >= 0.6 is 0 Å². The van der Waals surface area contributed by atoms with Gasteiger partial charge in [0.25, 0.3) is 0 Å². The van der Waals surface area contributed by atoms with Crippen molar-refractivity contribution in [2.75, 3.05) is 46.8 Å². The SMILES string of the molecule is CCCCCCCCCCCCOC(=O)CCCCCOC(=O)CCCCCOC(=O)CCCCCOC(=O)CCCCCOC(=O)CCCCCOC. The van der Waals surface area contributed by atoms with Crippen molar-refractivity contribution >= 4 is 29.8 Å². The van der Waals surface area contributed by atoms with Crippen LogP contribution in [-0.2, 0) is 52.4 Å². The number of carbonyl (C=O) groups excluding carboxylic acids is 5. The van der Waals surface area contributed by atoms with Crippen LogP contribution in [0.4, 0.5) is 0 Å². The summed E-state index contributed by atoms with van der Waals surface area (Å²) < 4.78 is 31.4. The Labute approximate surface area is 328 Å². The van der Waals surface area contributed by atoms with Gasteiger partial charge < -0.3 is 28.4 Å². The van der Waals surface area contributed by atoms with E-state index in [2.05, 4.69) is 6.92 Å². The largest absolute Gasteiger partial charge is 0.466 e. The third-order valence-corrected chi connectivity index (χ3v) is 9.14. The van der Waals surface area contributed by atoms with E-state index in [1.807, 2.05) is 0 Å². The summed E-state index contributed by atoms with van der Waals surface area (Å²) >= 11 is 0. The Morgan fingerprint density at radius 1 is 0.278 bits per heavy atom. The van der Waals surface area contributed by atoms with Gasteiger partial charge in [-0.1, -0.05) is 71.1 Å². The fraction of sp³-hybridized carbons (Fsp3) is 0.884. The maximum atomic E-state index is 12.0. The molecule has 0 aromatic heterocycles. The van der Waals surface area contributed by atoms with Crippen molar-refractivity contribution in [1.82, 2.24) is 0 Å². The standard InChI is InChI=1S/C43H78O11/c1-3-4-5-6-7-8-9-10-11-23-34-50-40(45)29-18-13-25-36-52-42(47)31-20-15-27-38-54-43(48)32-21-16-26-37-53-41(46)30-19-14-24-35-51-39(44)28-17-12-22-33-49-2/h3-38H2,1-2H3. The predicted octanol–water partition coefficient (Wildman–Crippen LogP) is 10.1. The van der Waals surface area contributed by atoms with Gasteiger partial charge in [0.1, 0.15) is 0 Å². The Bertz CT molecular complexity index is 908. The molecule has 0 fully saturated rings. The van der Waals surface area contributed by atoms with E-state index in [1.165, 1.54) is 51.4 Å². The number of ether oxygens (including phenoxy) is 6. The first-order valence-corrected chi connectivity index (χ1v) is 21.7. The zero-order valence-corrected chi connectivity index (χ0v) is 34.4. The van der Waals surface area contributed by atoms with Crippen molar-refractivity contribution in [3.8, 4) is 0 Å². The van der Waals surface area contributed by atoms with Crippen LogP contribution in [0, 0.1) is 0 Å². The van der Waals surface area contributed by atoms with Gasteiger partial charge in [0, 0.05) is 45.8 Å². The smallest absolute Gasteiger partial charge is 0.305 e. The lowest BCUT2D eigenvalue weighted by molar-refractivity contribution is -0.145. The molecule has 0 unspecified atom stereocenters. The van der Waals surface area contributed by atoms with Gasteiger partial charge in [0.15, 0.2) is 0 Å². The second-order valence-corrected chi connectivity index (χ2v) is 14.3. The van der Waals surface area contributed by atoms with Crippen molar-refractivity contribution in [1.29, 1.82) is 0 Å². The maximum Gasteiger partial charge on any atom is 0.305 e. The quantitative estimate of drug-likeness (QED) is 0.0333. The lowest BCUT2D eigenvalue weighted by Gasteiger charge is -2.07. The maximum absolute atomic E-state index is 12.0. The van der Waals surface area contributed by atoms with Crippen molar-refractivity contribution in [3.05, 3.63) is 0 Å². The highest BCUT2D eigenvalue weighted by Gasteiger charge is 2.08. The number of hydrogen-bond acceptors (Lipinski definition) is 11. The third-order valence-electron chi connectivity index (χ3n) is 9.14. The lowest BCUT2D eigenvalue weighted by Crippen LogP contribution is -2.08. The van der Waals surface area contributed by atoms with Crippen LogP contribution in [-0.4, -0.2) is 76.6 Å². The highest BCUT2D eigenvalue weighted by molar-refractivity contribution is 5.70. The summed E-state index contributed by atoms with van der Waals surface area (Å²) in [5, 5.41) is 0. The molecule has 0 aromatic rings. The molecular weight excluding hydrogens is 692 g/mol. The summed E-state index contributed by atoms with van der Waals surface area (Å²) in [5.41, 5.74) is 0. The van der Waals surface area contributed by atoms with Gasteiger partial charge in [-0.15, -0.1) is 0 Å². The van der Waals surface area contributed by atoms with Gasteiger partial charge >= 0.3 is 29.8 Å². The molecule has 0 bridgehead atoms. The van der Waals surface area contributed by atoms with Crippen LogP contribution in [0.2, 0.25) is 0 Å². The van der Waals surface area contributed by atoms with E-state index in [9.17, 15) is 24.0 Å². The summed E-state index contributed by atoms with van der Waals surface area (Å²) in [7, 11) is 1.67. The number of rotatable bonds is 41. The number of carbonyl (C=O) groups is 5. The minimum atomic E-state index is -0.235. The highest BCUT2D eigenvalue weighted by atomic mass is 16.5. The molecule has 0 aliphatic rings. The first-order valence-electron chi connectivity index (χ1n) is 21.7. The molecule has 0 N–H and O–H groups in total. The highest BCUT2D eigenvalue weighted by Crippen LogP contribution is 2.12. The van der Waals surface area contributed by atoms with Gasteiger partial charge in [-0.3, -0.25) is 24.0 Å². The molecule has 0 aromatic carbocycles. The molecule has 0 saturated heterocycles. The molecule has 0 heterocycles. The van der Waals surface area contributed by atoms with Crippen LogP contribution in [0.25, 0.3) is 0 Å². The average Bonchev–Trinajstić information content (AvgIpc) is 3.16.